The summed E-state index contributed by atoms with van der Waals surface area (Å²) in [4.78, 5) is 2.45. The first-order valence-corrected chi connectivity index (χ1v) is 6.52. The largest absolute Gasteiger partial charge is 0.381 e. The Bertz CT molecular complexity index is 183. The van der Waals surface area contributed by atoms with Crippen LogP contribution < -0.4 is 5.73 Å². The lowest BCUT2D eigenvalue weighted by Crippen LogP contribution is -2.34. The lowest BCUT2D eigenvalue weighted by molar-refractivity contribution is 0.0554. The maximum atomic E-state index is 5.97. The van der Waals surface area contributed by atoms with Gasteiger partial charge in [0.1, 0.15) is 0 Å². The number of ether oxygens (including phenoxy) is 1. The molecule has 0 bridgehead atoms. The molecule has 3 heteroatoms. The molecule has 96 valence electrons. The van der Waals surface area contributed by atoms with Gasteiger partial charge in [-0.05, 0) is 59.0 Å². The lowest BCUT2D eigenvalue weighted by Gasteiger charge is -2.28. The van der Waals surface area contributed by atoms with Gasteiger partial charge >= 0.3 is 0 Å². The van der Waals surface area contributed by atoms with Crippen molar-refractivity contribution >= 4 is 0 Å². The van der Waals surface area contributed by atoms with Crippen LogP contribution in [0.2, 0.25) is 0 Å². The molecule has 2 N–H and O–H groups in total. The Hall–Kier alpha value is -0.120. The highest BCUT2D eigenvalue weighted by Crippen LogP contribution is 2.16. The van der Waals surface area contributed by atoms with Crippen molar-refractivity contribution in [2.45, 2.75) is 45.1 Å². The summed E-state index contributed by atoms with van der Waals surface area (Å²) in [7, 11) is 2.22. The van der Waals surface area contributed by atoms with E-state index in [4.69, 9.17) is 10.5 Å². The topological polar surface area (TPSA) is 38.5 Å². The quantitative estimate of drug-likeness (QED) is 0.754. The van der Waals surface area contributed by atoms with E-state index in [1.807, 2.05) is 0 Å². The van der Waals surface area contributed by atoms with Crippen LogP contribution in [0.3, 0.4) is 0 Å². The average molecular weight is 228 g/mol. The second kappa shape index (κ2) is 6.58. The van der Waals surface area contributed by atoms with Crippen LogP contribution in [0.1, 0.15) is 39.5 Å². The zero-order chi connectivity index (χ0) is 12.0. The lowest BCUT2D eigenvalue weighted by atomic mass is 9.98. The second-order valence-corrected chi connectivity index (χ2v) is 5.91. The molecule has 0 aromatic heterocycles. The predicted molar refractivity (Wildman–Crippen MR) is 68.5 cm³/mol. The van der Waals surface area contributed by atoms with Gasteiger partial charge in [0.2, 0.25) is 0 Å². The van der Waals surface area contributed by atoms with Crippen molar-refractivity contribution in [3.05, 3.63) is 0 Å². The van der Waals surface area contributed by atoms with E-state index < -0.39 is 0 Å². The summed E-state index contributed by atoms with van der Waals surface area (Å²) < 4.78 is 5.37. The molecule has 0 unspecified atom stereocenters. The molecule has 1 rings (SSSR count). The predicted octanol–water partition coefficient (Wildman–Crippen LogP) is 1.86. The van der Waals surface area contributed by atoms with E-state index in [2.05, 4.69) is 25.8 Å². The van der Waals surface area contributed by atoms with Crippen LogP contribution in [-0.4, -0.2) is 43.8 Å². The zero-order valence-corrected chi connectivity index (χ0v) is 11.2. The molecule has 1 aliphatic heterocycles. The third kappa shape index (κ3) is 6.46. The minimum Gasteiger partial charge on any atom is -0.381 e. The van der Waals surface area contributed by atoms with Crippen LogP contribution in [0.15, 0.2) is 0 Å². The van der Waals surface area contributed by atoms with Crippen molar-refractivity contribution < 1.29 is 4.74 Å². The molecule has 0 aromatic rings. The van der Waals surface area contributed by atoms with E-state index in [-0.39, 0.29) is 5.54 Å². The Labute approximate surface area is 100 Å². The second-order valence-electron chi connectivity index (χ2n) is 5.91. The number of rotatable bonds is 6. The number of hydrogen-bond acceptors (Lipinski definition) is 3. The van der Waals surface area contributed by atoms with Gasteiger partial charge in [-0.25, -0.2) is 0 Å². The molecule has 1 aliphatic rings. The molecule has 1 heterocycles. The third-order valence-electron chi connectivity index (χ3n) is 3.27. The van der Waals surface area contributed by atoms with Crippen LogP contribution in [0.4, 0.5) is 0 Å². The maximum absolute atomic E-state index is 5.97. The maximum Gasteiger partial charge on any atom is 0.0469 e. The average Bonchev–Trinajstić information content (AvgIpc) is 2.17. The fraction of sp³-hybridized carbons (Fsp3) is 1.00. The Kier molecular flexibility index (Phi) is 5.73. The number of nitrogens with zero attached hydrogens (tertiary/aromatic N) is 1. The van der Waals surface area contributed by atoms with Gasteiger partial charge in [0.25, 0.3) is 0 Å². The fourth-order valence-electron chi connectivity index (χ4n) is 2.27. The molecule has 0 aromatic carbocycles. The third-order valence-corrected chi connectivity index (χ3v) is 3.27. The molecule has 1 fully saturated rings. The fourth-order valence-corrected chi connectivity index (χ4v) is 2.27. The summed E-state index contributed by atoms with van der Waals surface area (Å²) in [5.41, 5.74) is 5.96. The van der Waals surface area contributed by atoms with Gasteiger partial charge in [0, 0.05) is 25.3 Å². The molecular weight excluding hydrogens is 200 g/mol. The molecule has 3 nitrogen and oxygen atoms in total. The van der Waals surface area contributed by atoms with Crippen molar-refractivity contribution in [1.82, 2.24) is 4.90 Å². The Morgan fingerprint density at radius 2 is 1.94 bits per heavy atom. The smallest absolute Gasteiger partial charge is 0.0469 e. The first-order chi connectivity index (χ1) is 7.47. The van der Waals surface area contributed by atoms with Crippen LogP contribution in [0.25, 0.3) is 0 Å². The van der Waals surface area contributed by atoms with Gasteiger partial charge in [-0.1, -0.05) is 0 Å². The van der Waals surface area contributed by atoms with Crippen molar-refractivity contribution in [1.29, 1.82) is 0 Å². The normalized spacial score (nSPS) is 19.3. The summed E-state index contributed by atoms with van der Waals surface area (Å²) in [5.74, 6) is 0.838. The molecule has 0 saturated carbocycles. The highest BCUT2D eigenvalue weighted by Gasteiger charge is 2.16. The van der Waals surface area contributed by atoms with Gasteiger partial charge in [-0.2, -0.15) is 0 Å². The van der Waals surface area contributed by atoms with Crippen LogP contribution in [0, 0.1) is 5.92 Å². The van der Waals surface area contributed by atoms with Gasteiger partial charge in [0.05, 0.1) is 0 Å². The van der Waals surface area contributed by atoms with Crippen molar-refractivity contribution in [3.63, 3.8) is 0 Å². The molecular formula is C13H28N2O. The van der Waals surface area contributed by atoms with Gasteiger partial charge in [0.15, 0.2) is 0 Å². The van der Waals surface area contributed by atoms with Gasteiger partial charge in [-0.3, -0.25) is 0 Å². The first kappa shape index (κ1) is 13.9. The molecule has 0 radical (unpaired) electrons. The van der Waals surface area contributed by atoms with Crippen LogP contribution >= 0.6 is 0 Å². The number of nitrogens with two attached hydrogens (primary N) is 1. The van der Waals surface area contributed by atoms with E-state index in [1.165, 1.54) is 25.8 Å². The van der Waals surface area contributed by atoms with E-state index in [1.54, 1.807) is 0 Å². The van der Waals surface area contributed by atoms with E-state index in [0.717, 1.165) is 32.1 Å². The summed E-state index contributed by atoms with van der Waals surface area (Å²) in [6, 6.07) is 0. The Morgan fingerprint density at radius 3 is 2.50 bits per heavy atom. The summed E-state index contributed by atoms with van der Waals surface area (Å²) in [6.45, 7) is 8.49. The summed E-state index contributed by atoms with van der Waals surface area (Å²) in [6.07, 6.45) is 4.76. The van der Waals surface area contributed by atoms with Gasteiger partial charge in [-0.15, -0.1) is 0 Å². The minimum absolute atomic E-state index is 0.0144. The SMILES string of the molecule is CN(CCCC(C)(C)N)CC1CCOCC1. The van der Waals surface area contributed by atoms with Crippen molar-refractivity contribution in [2.75, 3.05) is 33.4 Å². The molecule has 16 heavy (non-hydrogen) atoms. The number of hydrogen-bond donors (Lipinski definition) is 1. The van der Waals surface area contributed by atoms with Crippen LogP contribution in [-0.2, 0) is 4.74 Å². The molecule has 1 saturated heterocycles. The Morgan fingerprint density at radius 1 is 1.31 bits per heavy atom. The monoisotopic (exact) mass is 228 g/mol. The first-order valence-electron chi connectivity index (χ1n) is 6.52. The standard InChI is InChI=1S/C13H28N2O/c1-13(2,14)7-4-8-15(3)11-12-5-9-16-10-6-12/h12H,4-11,14H2,1-3H3. The van der Waals surface area contributed by atoms with Crippen LogP contribution in [0.5, 0.6) is 0 Å². The Balaban J connectivity index is 2.08. The van der Waals surface area contributed by atoms with E-state index in [0.29, 0.717) is 0 Å². The highest BCUT2D eigenvalue weighted by atomic mass is 16.5. The summed E-state index contributed by atoms with van der Waals surface area (Å²) in [5, 5.41) is 0. The summed E-state index contributed by atoms with van der Waals surface area (Å²) >= 11 is 0. The minimum atomic E-state index is -0.0144. The van der Waals surface area contributed by atoms with Crippen molar-refractivity contribution in [2.24, 2.45) is 11.7 Å². The molecule has 0 spiro atoms. The van der Waals surface area contributed by atoms with E-state index in [9.17, 15) is 0 Å². The van der Waals surface area contributed by atoms with Crippen molar-refractivity contribution in [3.8, 4) is 0 Å². The highest BCUT2D eigenvalue weighted by molar-refractivity contribution is 4.73. The van der Waals surface area contributed by atoms with Gasteiger partial charge < -0.3 is 15.4 Å². The zero-order valence-electron chi connectivity index (χ0n) is 11.2. The molecule has 0 aliphatic carbocycles. The molecule has 0 atom stereocenters. The molecule has 0 amide bonds. The van der Waals surface area contributed by atoms with E-state index >= 15 is 0 Å².